The smallest absolute Gasteiger partial charge is 0.128 e. The molecule has 2 saturated heterocycles. The van der Waals surface area contributed by atoms with E-state index in [1.54, 1.807) is 0 Å². The second-order valence-corrected chi connectivity index (χ2v) is 9.68. The predicted octanol–water partition coefficient (Wildman–Crippen LogP) is 3.70. The first-order chi connectivity index (χ1) is 15.0. The van der Waals surface area contributed by atoms with Gasteiger partial charge in [0.25, 0.3) is 0 Å². The second-order valence-electron chi connectivity index (χ2n) is 9.24. The number of β-amino-alcohol motifs (C(OH)–C–C–N with tert-alkyl or cyclic N) is 1. The third kappa shape index (κ3) is 5.78. The number of piperidine rings is 1. The molecule has 2 fully saturated rings. The van der Waals surface area contributed by atoms with Crippen molar-refractivity contribution in [2.24, 2.45) is 0 Å². The first kappa shape index (κ1) is 22.5. The van der Waals surface area contributed by atoms with Crippen molar-refractivity contribution in [1.29, 1.82) is 0 Å². The van der Waals surface area contributed by atoms with Gasteiger partial charge in [-0.1, -0.05) is 29.8 Å². The molecule has 168 valence electrons. The van der Waals surface area contributed by atoms with Crippen LogP contribution in [0.3, 0.4) is 0 Å². The number of aromatic nitrogens is 1. The van der Waals surface area contributed by atoms with Gasteiger partial charge in [0, 0.05) is 62.1 Å². The Kier molecular flexibility index (Phi) is 7.49. The van der Waals surface area contributed by atoms with Gasteiger partial charge in [-0.2, -0.15) is 0 Å². The van der Waals surface area contributed by atoms with Crippen LogP contribution in [0.4, 0.5) is 5.82 Å². The molecule has 4 rings (SSSR count). The first-order valence-electron chi connectivity index (χ1n) is 11.6. The zero-order chi connectivity index (χ0) is 21.8. The van der Waals surface area contributed by atoms with E-state index in [0.29, 0.717) is 18.1 Å². The van der Waals surface area contributed by atoms with Gasteiger partial charge in [-0.05, 0) is 62.9 Å². The molecule has 1 N–H and O–H groups in total. The van der Waals surface area contributed by atoms with Crippen LogP contribution in [0.5, 0.6) is 0 Å². The highest BCUT2D eigenvalue weighted by molar-refractivity contribution is 6.30. The van der Waals surface area contributed by atoms with Crippen molar-refractivity contribution in [3.63, 3.8) is 0 Å². The Morgan fingerprint density at radius 1 is 1.10 bits per heavy atom. The van der Waals surface area contributed by atoms with Crippen LogP contribution in [0, 0.1) is 0 Å². The van der Waals surface area contributed by atoms with E-state index < -0.39 is 0 Å². The number of hydrogen-bond donors (Lipinski definition) is 1. The van der Waals surface area contributed by atoms with Gasteiger partial charge < -0.3 is 10.0 Å². The molecule has 5 nitrogen and oxygen atoms in total. The molecule has 0 spiro atoms. The average Bonchev–Trinajstić information content (AvgIpc) is 2.78. The van der Waals surface area contributed by atoms with Crippen molar-refractivity contribution >= 4 is 17.4 Å². The molecule has 0 unspecified atom stereocenters. The lowest BCUT2D eigenvalue weighted by atomic mass is 9.94. The summed E-state index contributed by atoms with van der Waals surface area (Å²) in [5.41, 5.74) is 1.33. The Balaban J connectivity index is 1.46. The Morgan fingerprint density at radius 3 is 2.48 bits per heavy atom. The zero-order valence-electron chi connectivity index (χ0n) is 18.7. The molecule has 31 heavy (non-hydrogen) atoms. The van der Waals surface area contributed by atoms with Gasteiger partial charge in [0.05, 0.1) is 6.10 Å². The highest BCUT2D eigenvalue weighted by atomic mass is 35.5. The highest BCUT2D eigenvalue weighted by Gasteiger charge is 2.37. The van der Waals surface area contributed by atoms with Crippen LogP contribution in [0.2, 0.25) is 5.02 Å². The van der Waals surface area contributed by atoms with Crippen LogP contribution < -0.4 is 4.90 Å². The maximum Gasteiger partial charge on any atom is 0.128 e. The van der Waals surface area contributed by atoms with Crippen molar-refractivity contribution in [3.8, 4) is 0 Å². The monoisotopic (exact) mass is 442 g/mol. The molecule has 3 heterocycles. The summed E-state index contributed by atoms with van der Waals surface area (Å²) in [6.45, 7) is 9.09. The van der Waals surface area contributed by atoms with E-state index in [9.17, 15) is 5.11 Å². The molecule has 0 aliphatic carbocycles. The highest BCUT2D eigenvalue weighted by Crippen LogP contribution is 2.28. The minimum absolute atomic E-state index is 0.299. The normalized spacial score (nSPS) is 25.0. The van der Waals surface area contributed by atoms with Crippen molar-refractivity contribution in [2.45, 2.75) is 57.3 Å². The van der Waals surface area contributed by atoms with E-state index in [0.717, 1.165) is 62.8 Å². The van der Waals surface area contributed by atoms with Crippen LogP contribution in [-0.2, 0) is 6.42 Å². The molecule has 3 atom stereocenters. The predicted molar refractivity (Wildman–Crippen MR) is 128 cm³/mol. The summed E-state index contributed by atoms with van der Waals surface area (Å²) < 4.78 is 0. The van der Waals surface area contributed by atoms with Crippen LogP contribution in [0.25, 0.3) is 0 Å². The van der Waals surface area contributed by atoms with Gasteiger partial charge in [0.2, 0.25) is 0 Å². The maximum absolute atomic E-state index is 10.00. The molecule has 0 radical (unpaired) electrons. The van der Waals surface area contributed by atoms with E-state index in [1.807, 2.05) is 31.3 Å². The van der Waals surface area contributed by atoms with E-state index in [4.69, 9.17) is 11.6 Å². The maximum atomic E-state index is 10.00. The second kappa shape index (κ2) is 10.3. The Morgan fingerprint density at radius 2 is 1.84 bits per heavy atom. The van der Waals surface area contributed by atoms with E-state index in [1.165, 1.54) is 5.56 Å². The largest absolute Gasteiger partial charge is 0.392 e. The summed E-state index contributed by atoms with van der Waals surface area (Å²) in [4.78, 5) is 12.2. The molecule has 2 aliphatic heterocycles. The van der Waals surface area contributed by atoms with Crippen LogP contribution in [0.15, 0.2) is 48.7 Å². The Hall–Kier alpha value is -1.66. The number of hydrogen-bond acceptors (Lipinski definition) is 5. The van der Waals surface area contributed by atoms with Crippen molar-refractivity contribution in [3.05, 3.63) is 59.2 Å². The van der Waals surface area contributed by atoms with Gasteiger partial charge in [0.15, 0.2) is 0 Å². The van der Waals surface area contributed by atoms with Crippen LogP contribution >= 0.6 is 11.6 Å². The third-order valence-electron chi connectivity index (χ3n) is 6.80. The Bertz CT molecular complexity index is 808. The number of halogens is 1. The van der Waals surface area contributed by atoms with E-state index >= 15 is 0 Å². The van der Waals surface area contributed by atoms with Gasteiger partial charge in [-0.15, -0.1) is 0 Å². The lowest BCUT2D eigenvalue weighted by Crippen LogP contribution is -2.62. The first-order valence-corrected chi connectivity index (χ1v) is 12.0. The van der Waals surface area contributed by atoms with Crippen molar-refractivity contribution in [1.82, 2.24) is 14.8 Å². The van der Waals surface area contributed by atoms with Gasteiger partial charge >= 0.3 is 0 Å². The van der Waals surface area contributed by atoms with Crippen LogP contribution in [0.1, 0.15) is 32.3 Å². The molecule has 1 aromatic carbocycles. The minimum Gasteiger partial charge on any atom is -0.392 e. The van der Waals surface area contributed by atoms with Crippen LogP contribution in [-0.4, -0.2) is 76.8 Å². The number of pyridine rings is 1. The van der Waals surface area contributed by atoms with Gasteiger partial charge in [-0.3, -0.25) is 9.80 Å². The molecule has 1 aromatic heterocycles. The fraction of sp³-hybridized carbons (Fsp3) is 0.560. The molecule has 0 saturated carbocycles. The van der Waals surface area contributed by atoms with Gasteiger partial charge in [0.1, 0.15) is 5.82 Å². The van der Waals surface area contributed by atoms with E-state index in [-0.39, 0.29) is 6.10 Å². The zero-order valence-corrected chi connectivity index (χ0v) is 19.5. The third-order valence-corrected chi connectivity index (χ3v) is 7.05. The molecule has 2 aromatic rings. The number of benzene rings is 1. The number of rotatable bonds is 6. The minimum atomic E-state index is -0.299. The quantitative estimate of drug-likeness (QED) is 0.738. The summed E-state index contributed by atoms with van der Waals surface area (Å²) in [6.07, 6.45) is 4.92. The summed E-state index contributed by atoms with van der Waals surface area (Å²) in [6, 6.07) is 15.9. The summed E-state index contributed by atoms with van der Waals surface area (Å²) in [7, 11) is 0. The molecule has 0 bridgehead atoms. The topological polar surface area (TPSA) is 42.8 Å². The number of piperazine rings is 1. The number of aliphatic hydroxyl groups excluding tert-OH is 1. The lowest BCUT2D eigenvalue weighted by Gasteiger charge is -2.50. The molecular weight excluding hydrogens is 408 g/mol. The molecule has 2 aliphatic rings. The molecular formula is C25H35ClN4O. The summed E-state index contributed by atoms with van der Waals surface area (Å²) in [5.74, 6) is 1.09. The number of anilines is 1. The lowest BCUT2D eigenvalue weighted by molar-refractivity contribution is -0.0150. The Labute approximate surface area is 191 Å². The molecule has 6 heteroatoms. The van der Waals surface area contributed by atoms with Gasteiger partial charge in [-0.25, -0.2) is 4.98 Å². The van der Waals surface area contributed by atoms with E-state index in [2.05, 4.69) is 50.9 Å². The fourth-order valence-electron chi connectivity index (χ4n) is 5.21. The molecule has 0 amide bonds. The van der Waals surface area contributed by atoms with Crippen molar-refractivity contribution < 1.29 is 5.11 Å². The number of aliphatic hydroxyl groups is 1. The summed E-state index contributed by atoms with van der Waals surface area (Å²) >= 11 is 6.11. The average molecular weight is 443 g/mol. The fourth-order valence-corrected chi connectivity index (χ4v) is 5.33. The standard InChI is InChI=1S/C25H35ClN4O/c1-19-16-30(23-10-13-28(14-11-23)25-5-3-4-12-27-25)24(18-29(19)17-20(2)31)15-21-6-8-22(26)9-7-21/h3-9,12,19-20,23-24,31H,10-11,13-18H2,1-2H3/t19-,20-,24-/m0/s1. The van der Waals surface area contributed by atoms with Crippen molar-refractivity contribution in [2.75, 3.05) is 37.6 Å². The number of nitrogens with zero attached hydrogens (tertiary/aromatic N) is 4. The SMILES string of the molecule is C[C@H](O)CN1C[C@H](Cc2ccc(Cl)cc2)N(C2CCN(c3ccccn3)CC2)C[C@@H]1C. The summed E-state index contributed by atoms with van der Waals surface area (Å²) in [5, 5.41) is 10.8.